The highest BCUT2D eigenvalue weighted by Crippen LogP contribution is 2.33. The smallest absolute Gasteiger partial charge is 0.0580 e. The number of hydrogen-bond acceptors (Lipinski definition) is 2. The summed E-state index contributed by atoms with van der Waals surface area (Å²) in [5, 5.41) is 3.34. The molecule has 1 saturated carbocycles. The number of rotatable bonds is 6. The van der Waals surface area contributed by atoms with Crippen molar-refractivity contribution in [2.75, 3.05) is 13.7 Å². The minimum absolute atomic E-state index is 0.537. The van der Waals surface area contributed by atoms with Crippen LogP contribution in [0.2, 0.25) is 0 Å². The van der Waals surface area contributed by atoms with Crippen LogP contribution < -0.4 is 5.32 Å². The van der Waals surface area contributed by atoms with Crippen molar-refractivity contribution in [3.05, 3.63) is 0 Å². The Morgan fingerprint density at radius 2 is 2.20 bits per heavy atom. The first-order valence-electron chi connectivity index (χ1n) is 5.98. The van der Waals surface area contributed by atoms with Gasteiger partial charge in [0.15, 0.2) is 0 Å². The fourth-order valence-electron chi connectivity index (χ4n) is 2.17. The zero-order chi connectivity index (χ0) is 11.1. The van der Waals surface area contributed by atoms with Crippen molar-refractivity contribution in [3.8, 4) is 11.8 Å². The molecule has 0 bridgehead atoms. The van der Waals surface area contributed by atoms with Crippen LogP contribution in [-0.2, 0) is 4.74 Å². The molecule has 1 atom stereocenters. The average Bonchev–Trinajstić information content (AvgIpc) is 2.20. The van der Waals surface area contributed by atoms with Crippen LogP contribution in [0.25, 0.3) is 0 Å². The van der Waals surface area contributed by atoms with Gasteiger partial charge in [-0.15, -0.1) is 11.8 Å². The molecule has 1 aliphatic rings. The zero-order valence-electron chi connectivity index (χ0n) is 10.2. The van der Waals surface area contributed by atoms with Crippen LogP contribution in [0, 0.1) is 17.8 Å². The molecule has 1 aliphatic carbocycles. The molecule has 0 aliphatic heterocycles. The molecule has 1 unspecified atom stereocenters. The number of ether oxygens (including phenoxy) is 1. The van der Waals surface area contributed by atoms with E-state index in [1.54, 1.807) is 0 Å². The molecule has 15 heavy (non-hydrogen) atoms. The number of nitrogens with one attached hydrogen (secondary N) is 1. The predicted molar refractivity (Wildman–Crippen MR) is 63.7 cm³/mol. The summed E-state index contributed by atoms with van der Waals surface area (Å²) < 4.78 is 5.56. The lowest BCUT2D eigenvalue weighted by Gasteiger charge is -2.36. The Hall–Kier alpha value is -0.520. The molecule has 2 nitrogen and oxygen atoms in total. The van der Waals surface area contributed by atoms with Crippen LogP contribution in [0.3, 0.4) is 0 Å². The molecule has 0 aromatic rings. The van der Waals surface area contributed by atoms with E-state index in [0.717, 1.165) is 18.9 Å². The Morgan fingerprint density at radius 1 is 1.47 bits per heavy atom. The van der Waals surface area contributed by atoms with E-state index in [0.29, 0.717) is 12.1 Å². The van der Waals surface area contributed by atoms with E-state index in [1.165, 1.54) is 19.3 Å². The highest BCUT2D eigenvalue weighted by molar-refractivity contribution is 4.99. The van der Waals surface area contributed by atoms with Gasteiger partial charge in [-0.2, -0.15) is 0 Å². The highest BCUT2D eigenvalue weighted by atomic mass is 16.5. The second kappa shape index (κ2) is 6.87. The van der Waals surface area contributed by atoms with Crippen LogP contribution in [0.15, 0.2) is 0 Å². The van der Waals surface area contributed by atoms with Crippen molar-refractivity contribution in [2.45, 2.75) is 51.7 Å². The third-order valence-electron chi connectivity index (χ3n) is 3.15. The molecule has 0 radical (unpaired) electrons. The lowest BCUT2D eigenvalue weighted by Crippen LogP contribution is -2.36. The number of hydrogen-bond donors (Lipinski definition) is 1. The van der Waals surface area contributed by atoms with Gasteiger partial charge in [0.2, 0.25) is 0 Å². The highest BCUT2D eigenvalue weighted by Gasteiger charge is 2.30. The third kappa shape index (κ3) is 4.24. The summed E-state index contributed by atoms with van der Waals surface area (Å²) in [6.07, 6.45) is 5.24. The van der Waals surface area contributed by atoms with Gasteiger partial charge in [-0.05, 0) is 46.1 Å². The molecule has 2 heteroatoms. The van der Waals surface area contributed by atoms with Gasteiger partial charge < -0.3 is 10.1 Å². The Bertz CT molecular complexity index is 222. The van der Waals surface area contributed by atoms with Gasteiger partial charge in [-0.1, -0.05) is 0 Å². The molecule has 1 N–H and O–H groups in total. The summed E-state index contributed by atoms with van der Waals surface area (Å²) in [6, 6.07) is 0.560. The normalized spacial score (nSPS) is 26.3. The minimum atomic E-state index is 0.537. The third-order valence-corrected chi connectivity index (χ3v) is 3.15. The molecule has 1 rings (SSSR count). The van der Waals surface area contributed by atoms with Crippen molar-refractivity contribution in [2.24, 2.45) is 5.92 Å². The van der Waals surface area contributed by atoms with Gasteiger partial charge in [0.05, 0.1) is 6.10 Å². The molecule has 1 fully saturated rings. The van der Waals surface area contributed by atoms with Crippen molar-refractivity contribution < 1.29 is 4.74 Å². The van der Waals surface area contributed by atoms with Crippen LogP contribution >= 0.6 is 0 Å². The monoisotopic (exact) mass is 209 g/mol. The fraction of sp³-hybridized carbons (Fsp3) is 0.846. The lowest BCUT2D eigenvalue weighted by molar-refractivity contribution is -0.0287. The van der Waals surface area contributed by atoms with Crippen molar-refractivity contribution in [1.29, 1.82) is 0 Å². The van der Waals surface area contributed by atoms with Crippen molar-refractivity contribution in [1.82, 2.24) is 5.32 Å². The largest absolute Gasteiger partial charge is 0.378 e. The average molecular weight is 209 g/mol. The van der Waals surface area contributed by atoms with Gasteiger partial charge in [-0.3, -0.25) is 0 Å². The van der Waals surface area contributed by atoms with Gasteiger partial charge in [0.1, 0.15) is 0 Å². The van der Waals surface area contributed by atoms with Crippen molar-refractivity contribution in [3.63, 3.8) is 0 Å². The maximum atomic E-state index is 5.56. The van der Waals surface area contributed by atoms with Gasteiger partial charge in [0, 0.05) is 19.1 Å². The molecule has 0 heterocycles. The van der Waals surface area contributed by atoms with E-state index < -0.39 is 0 Å². The van der Waals surface area contributed by atoms with Crippen LogP contribution in [-0.4, -0.2) is 25.8 Å². The van der Waals surface area contributed by atoms with Crippen LogP contribution in [0.5, 0.6) is 0 Å². The molecule has 0 aromatic carbocycles. The molecule has 0 amide bonds. The fourth-order valence-corrected chi connectivity index (χ4v) is 2.17. The molecule has 0 saturated heterocycles. The van der Waals surface area contributed by atoms with Crippen LogP contribution in [0.4, 0.5) is 0 Å². The van der Waals surface area contributed by atoms with Gasteiger partial charge in [-0.25, -0.2) is 0 Å². The summed E-state index contributed by atoms with van der Waals surface area (Å²) in [6.45, 7) is 4.83. The van der Waals surface area contributed by atoms with E-state index in [9.17, 15) is 0 Å². The molecular weight excluding hydrogens is 186 g/mol. The van der Waals surface area contributed by atoms with E-state index in [4.69, 9.17) is 4.74 Å². The van der Waals surface area contributed by atoms with Crippen LogP contribution in [0.1, 0.15) is 39.5 Å². The summed E-state index contributed by atoms with van der Waals surface area (Å²) in [5.74, 6) is 6.95. The lowest BCUT2D eigenvalue weighted by atomic mass is 9.78. The first-order valence-corrected chi connectivity index (χ1v) is 5.98. The Labute approximate surface area is 93.8 Å². The zero-order valence-corrected chi connectivity index (χ0v) is 10.2. The summed E-state index contributed by atoms with van der Waals surface area (Å²) >= 11 is 0. The van der Waals surface area contributed by atoms with E-state index in [-0.39, 0.29) is 0 Å². The molecule has 0 aromatic heterocycles. The topological polar surface area (TPSA) is 21.3 Å². The Morgan fingerprint density at radius 3 is 2.73 bits per heavy atom. The standard InChI is InChI=1S/C13H23NO/c1-4-6-7-12(14-3)8-11-9-13(10-11)15-5-2/h11-14H,5,7-10H2,1-3H3. The first kappa shape index (κ1) is 12.5. The second-order valence-corrected chi connectivity index (χ2v) is 4.27. The predicted octanol–water partition coefficient (Wildman–Crippen LogP) is 2.19. The SMILES string of the molecule is CC#CCC(CC1CC(OCC)C1)NC. The van der Waals surface area contributed by atoms with E-state index in [1.807, 2.05) is 14.0 Å². The Kier molecular flexibility index (Phi) is 5.75. The summed E-state index contributed by atoms with van der Waals surface area (Å²) in [7, 11) is 2.03. The maximum absolute atomic E-state index is 5.56. The molecule has 0 spiro atoms. The van der Waals surface area contributed by atoms with Gasteiger partial charge in [0.25, 0.3) is 0 Å². The minimum Gasteiger partial charge on any atom is -0.378 e. The Balaban J connectivity index is 2.14. The summed E-state index contributed by atoms with van der Waals surface area (Å²) in [4.78, 5) is 0. The van der Waals surface area contributed by atoms with E-state index in [2.05, 4.69) is 24.1 Å². The second-order valence-electron chi connectivity index (χ2n) is 4.27. The quantitative estimate of drug-likeness (QED) is 0.677. The van der Waals surface area contributed by atoms with E-state index >= 15 is 0 Å². The summed E-state index contributed by atoms with van der Waals surface area (Å²) in [5.41, 5.74) is 0. The first-order chi connectivity index (χ1) is 7.30. The maximum Gasteiger partial charge on any atom is 0.0580 e. The van der Waals surface area contributed by atoms with Crippen molar-refractivity contribution >= 4 is 0 Å². The molecule has 86 valence electrons. The molecular formula is C13H23NO. The van der Waals surface area contributed by atoms with Gasteiger partial charge >= 0.3 is 0 Å².